The van der Waals surface area contributed by atoms with Crippen LogP contribution < -0.4 is 5.32 Å². The van der Waals surface area contributed by atoms with Crippen LogP contribution in [0.3, 0.4) is 0 Å². The minimum atomic E-state index is -4.83. The summed E-state index contributed by atoms with van der Waals surface area (Å²) in [4.78, 5) is 8.43. The number of anilines is 1. The summed E-state index contributed by atoms with van der Waals surface area (Å²) in [5.74, 6) is -1.22. The monoisotopic (exact) mass is 475 g/mol. The molecule has 2 aromatic carbocycles. The molecule has 2 heterocycles. The number of phenols is 1. The Morgan fingerprint density at radius 1 is 1.09 bits per heavy atom. The molecule has 0 radical (unpaired) electrons. The zero-order valence-electron chi connectivity index (χ0n) is 17.3. The first-order valence-electron chi connectivity index (χ1n) is 10.0. The summed E-state index contributed by atoms with van der Waals surface area (Å²) in [5.41, 5.74) is 0.215. The predicted molar refractivity (Wildman–Crippen MR) is 119 cm³/mol. The molecule has 0 amide bonds. The average molecular weight is 476 g/mol. The summed E-state index contributed by atoms with van der Waals surface area (Å²) < 4.78 is 53.7. The second-order valence-electron chi connectivity index (χ2n) is 7.41. The molecule has 4 nitrogen and oxygen atoms in total. The van der Waals surface area contributed by atoms with Gasteiger partial charge in [0.25, 0.3) is 0 Å². The van der Waals surface area contributed by atoms with Gasteiger partial charge < -0.3 is 10.4 Å². The van der Waals surface area contributed by atoms with E-state index in [1.165, 1.54) is 18.5 Å². The maximum absolute atomic E-state index is 14.4. The molecule has 0 fully saturated rings. The quantitative estimate of drug-likeness (QED) is 0.308. The van der Waals surface area contributed by atoms with Gasteiger partial charge in [0.15, 0.2) is 0 Å². The highest BCUT2D eigenvalue weighted by molar-refractivity contribution is 6.31. The van der Waals surface area contributed by atoms with Crippen molar-refractivity contribution in [2.75, 3.05) is 5.32 Å². The first kappa shape index (κ1) is 22.8. The molecular weight excluding hydrogens is 458 g/mol. The molecule has 4 aromatic rings. The fourth-order valence-corrected chi connectivity index (χ4v) is 3.87. The lowest BCUT2D eigenvalue weighted by atomic mass is 9.95. The molecule has 170 valence electrons. The molecule has 9 heteroatoms. The molecule has 0 aliphatic rings. The van der Waals surface area contributed by atoms with Crippen molar-refractivity contribution in [3.63, 3.8) is 0 Å². The fourth-order valence-electron chi connectivity index (χ4n) is 3.64. The van der Waals surface area contributed by atoms with Crippen LogP contribution >= 0.6 is 11.6 Å². The molecule has 0 bridgehead atoms. The lowest BCUT2D eigenvalue weighted by molar-refractivity contribution is -0.140. The first-order chi connectivity index (χ1) is 15.7. The molecule has 0 aliphatic carbocycles. The van der Waals surface area contributed by atoms with Gasteiger partial charge >= 0.3 is 6.18 Å². The number of nitrogens with zero attached hydrogens (tertiary/aromatic N) is 2. The van der Waals surface area contributed by atoms with Crippen LogP contribution in [-0.4, -0.2) is 15.1 Å². The lowest BCUT2D eigenvalue weighted by Gasteiger charge is -2.23. The minimum absolute atomic E-state index is 0.167. The third-order valence-corrected chi connectivity index (χ3v) is 5.67. The number of aromatic hydroxyl groups is 1. The Balaban J connectivity index is 1.86. The van der Waals surface area contributed by atoms with Crippen molar-refractivity contribution >= 4 is 28.3 Å². The summed E-state index contributed by atoms with van der Waals surface area (Å²) in [7, 11) is 0. The van der Waals surface area contributed by atoms with Crippen molar-refractivity contribution in [1.29, 1.82) is 0 Å². The van der Waals surface area contributed by atoms with Gasteiger partial charge in [-0.3, -0.25) is 4.98 Å². The molecule has 2 aromatic heterocycles. The van der Waals surface area contributed by atoms with E-state index in [0.717, 1.165) is 11.6 Å². The van der Waals surface area contributed by atoms with Gasteiger partial charge in [-0.05, 0) is 41.8 Å². The Labute approximate surface area is 191 Å². The van der Waals surface area contributed by atoms with E-state index in [0.29, 0.717) is 39.8 Å². The van der Waals surface area contributed by atoms with Crippen molar-refractivity contribution in [3.05, 3.63) is 94.0 Å². The molecule has 0 aliphatic heterocycles. The Kier molecular flexibility index (Phi) is 6.12. The maximum atomic E-state index is 14.4. The van der Waals surface area contributed by atoms with Crippen LogP contribution in [0.25, 0.3) is 10.9 Å². The number of rotatable bonds is 5. The van der Waals surface area contributed by atoms with E-state index in [1.807, 2.05) is 6.92 Å². The number of nitrogens with one attached hydrogen (secondary N) is 1. The van der Waals surface area contributed by atoms with Crippen molar-refractivity contribution in [3.8, 4) is 5.75 Å². The van der Waals surface area contributed by atoms with Crippen molar-refractivity contribution in [1.82, 2.24) is 9.97 Å². The molecule has 0 saturated heterocycles. The minimum Gasteiger partial charge on any atom is -0.505 e. The second-order valence-corrected chi connectivity index (χ2v) is 7.81. The van der Waals surface area contributed by atoms with E-state index in [9.17, 15) is 22.7 Å². The molecule has 0 saturated carbocycles. The summed E-state index contributed by atoms with van der Waals surface area (Å²) in [6, 6.07) is 10.2. The Bertz CT molecular complexity index is 1330. The molecule has 0 spiro atoms. The smallest absolute Gasteiger partial charge is 0.419 e. The van der Waals surface area contributed by atoms with Gasteiger partial charge in [0, 0.05) is 23.3 Å². The Morgan fingerprint density at radius 3 is 2.58 bits per heavy atom. The number of alkyl halides is 3. The van der Waals surface area contributed by atoms with E-state index in [-0.39, 0.29) is 11.3 Å². The van der Waals surface area contributed by atoms with Gasteiger partial charge in [-0.2, -0.15) is 13.2 Å². The number of aryl methyl sites for hydroxylation is 1. The zero-order chi connectivity index (χ0) is 23.8. The number of benzene rings is 2. The van der Waals surface area contributed by atoms with E-state index in [4.69, 9.17) is 11.6 Å². The zero-order valence-corrected chi connectivity index (χ0v) is 18.0. The van der Waals surface area contributed by atoms with Crippen LogP contribution in [-0.2, 0) is 12.6 Å². The third-order valence-electron chi connectivity index (χ3n) is 5.33. The van der Waals surface area contributed by atoms with E-state index in [2.05, 4.69) is 15.3 Å². The normalized spacial score (nSPS) is 12.7. The predicted octanol–water partition coefficient (Wildman–Crippen LogP) is 6.91. The summed E-state index contributed by atoms with van der Waals surface area (Å²) >= 11 is 6.14. The largest absolute Gasteiger partial charge is 0.505 e. The van der Waals surface area contributed by atoms with Gasteiger partial charge in [-0.25, -0.2) is 9.37 Å². The summed E-state index contributed by atoms with van der Waals surface area (Å²) in [5, 5.41) is 15.2. The summed E-state index contributed by atoms with van der Waals surface area (Å²) in [6.07, 6.45) is -1.23. The molecule has 2 N–H and O–H groups in total. The van der Waals surface area contributed by atoms with Gasteiger partial charge in [0.1, 0.15) is 22.9 Å². The Hall–Kier alpha value is -3.39. The Morgan fingerprint density at radius 2 is 1.88 bits per heavy atom. The SMILES string of the molecule is CCc1cc(NC(c2ccc(C(F)(F)F)c(F)c2)c2ccc3cccnc3c2O)ncc1Cl. The summed E-state index contributed by atoms with van der Waals surface area (Å²) in [6.45, 7) is 1.91. The van der Waals surface area contributed by atoms with E-state index >= 15 is 0 Å². The van der Waals surface area contributed by atoms with E-state index < -0.39 is 23.6 Å². The van der Waals surface area contributed by atoms with E-state index in [1.54, 1.807) is 30.3 Å². The van der Waals surface area contributed by atoms with Crippen molar-refractivity contribution in [2.45, 2.75) is 25.6 Å². The van der Waals surface area contributed by atoms with Crippen LogP contribution in [0.15, 0.2) is 60.9 Å². The van der Waals surface area contributed by atoms with Gasteiger partial charge in [-0.1, -0.05) is 42.8 Å². The van der Waals surface area contributed by atoms with Crippen LogP contribution in [0, 0.1) is 5.82 Å². The highest BCUT2D eigenvalue weighted by Gasteiger charge is 2.34. The molecule has 1 unspecified atom stereocenters. The first-order valence-corrected chi connectivity index (χ1v) is 10.4. The molecule has 1 atom stereocenters. The number of pyridine rings is 2. The number of hydrogen-bond donors (Lipinski definition) is 2. The maximum Gasteiger partial charge on any atom is 0.419 e. The van der Waals surface area contributed by atoms with Crippen molar-refractivity contribution < 1.29 is 22.7 Å². The second kappa shape index (κ2) is 8.86. The lowest BCUT2D eigenvalue weighted by Crippen LogP contribution is -2.16. The van der Waals surface area contributed by atoms with Crippen LogP contribution in [0.2, 0.25) is 5.02 Å². The number of aromatic nitrogens is 2. The van der Waals surface area contributed by atoms with Crippen LogP contribution in [0.5, 0.6) is 5.75 Å². The number of fused-ring (bicyclic) bond motifs is 1. The van der Waals surface area contributed by atoms with Crippen molar-refractivity contribution in [2.24, 2.45) is 0 Å². The number of hydrogen-bond acceptors (Lipinski definition) is 4. The molecule has 4 rings (SSSR count). The molecule has 33 heavy (non-hydrogen) atoms. The average Bonchev–Trinajstić information content (AvgIpc) is 2.78. The van der Waals surface area contributed by atoms with Crippen LogP contribution in [0.4, 0.5) is 23.4 Å². The highest BCUT2D eigenvalue weighted by atomic mass is 35.5. The van der Waals surface area contributed by atoms with Crippen LogP contribution in [0.1, 0.15) is 35.2 Å². The number of phenolic OH excluding ortho intramolecular Hbond substituents is 1. The highest BCUT2D eigenvalue weighted by Crippen LogP contribution is 2.38. The standard InChI is InChI=1S/C24H18ClF4N3O/c1-2-13-11-20(31-12-18(13)25)32-21(15-6-8-17(19(26)10-15)24(27,28)29)16-7-5-14-4-3-9-30-22(14)23(16)33/h3-12,21,33H,2H2,1H3,(H,31,32). The number of halogens is 5. The van der Waals surface area contributed by atoms with Gasteiger partial charge in [-0.15, -0.1) is 0 Å². The molecular formula is C24H18ClF4N3O. The van der Waals surface area contributed by atoms with Gasteiger partial charge in [0.05, 0.1) is 16.6 Å². The van der Waals surface area contributed by atoms with Gasteiger partial charge in [0.2, 0.25) is 0 Å². The third kappa shape index (κ3) is 4.57. The topological polar surface area (TPSA) is 58.0 Å². The fraction of sp³-hybridized carbons (Fsp3) is 0.167.